The molecule has 2 aromatic heterocycles. The summed E-state index contributed by atoms with van der Waals surface area (Å²) in [4.78, 5) is 20.8. The Morgan fingerprint density at radius 3 is 2.68 bits per heavy atom. The molecule has 0 radical (unpaired) electrons. The number of benzene rings is 1. The smallest absolute Gasteiger partial charge is 0.339 e. The van der Waals surface area contributed by atoms with Crippen LogP contribution in [0, 0.1) is 0 Å². The topological polar surface area (TPSA) is 84.6 Å². The quantitative estimate of drug-likeness (QED) is 0.487. The predicted octanol–water partition coefficient (Wildman–Crippen LogP) is 3.78. The average molecular weight is 486 g/mol. The molecule has 8 nitrogen and oxygen atoms in total. The van der Waals surface area contributed by atoms with Crippen LogP contribution in [0.2, 0.25) is 0 Å². The number of pyridine rings is 1. The Labute approximate surface area is 189 Å². The van der Waals surface area contributed by atoms with E-state index in [4.69, 9.17) is 9.15 Å². The molecule has 9 heteroatoms. The second-order valence-corrected chi connectivity index (χ2v) is 8.17. The fraction of sp³-hybridized carbons (Fsp3) is 0.364. The molecule has 0 atom stereocenters. The SMILES string of the molecule is CCOC(=O)c1ccc(N2CCCN(Cc3nnc(-c4ccc(Br)cc4)o3)CC2)nc1. The number of hydrogen-bond acceptors (Lipinski definition) is 8. The number of anilines is 1. The van der Waals surface area contributed by atoms with Crippen molar-refractivity contribution < 1.29 is 13.9 Å². The van der Waals surface area contributed by atoms with Crippen molar-refractivity contribution in [1.29, 1.82) is 0 Å². The van der Waals surface area contributed by atoms with Crippen molar-refractivity contribution in [2.24, 2.45) is 0 Å². The molecule has 1 aliphatic heterocycles. The molecule has 0 spiro atoms. The molecule has 0 unspecified atom stereocenters. The van der Waals surface area contributed by atoms with Crippen molar-refractivity contribution in [3.05, 3.63) is 58.5 Å². The van der Waals surface area contributed by atoms with Crippen LogP contribution in [0.3, 0.4) is 0 Å². The van der Waals surface area contributed by atoms with Gasteiger partial charge >= 0.3 is 5.97 Å². The van der Waals surface area contributed by atoms with Crippen molar-refractivity contribution in [3.63, 3.8) is 0 Å². The van der Waals surface area contributed by atoms with Crippen LogP contribution in [0.1, 0.15) is 29.6 Å². The largest absolute Gasteiger partial charge is 0.462 e. The lowest BCUT2D eigenvalue weighted by molar-refractivity contribution is 0.0526. The molecule has 3 aromatic rings. The van der Waals surface area contributed by atoms with E-state index in [0.717, 1.165) is 48.5 Å². The zero-order chi connectivity index (χ0) is 21.6. The van der Waals surface area contributed by atoms with E-state index < -0.39 is 0 Å². The summed E-state index contributed by atoms with van der Waals surface area (Å²) >= 11 is 3.43. The van der Waals surface area contributed by atoms with Crippen molar-refractivity contribution in [3.8, 4) is 11.5 Å². The van der Waals surface area contributed by atoms with E-state index >= 15 is 0 Å². The first-order valence-corrected chi connectivity index (χ1v) is 11.1. The molecule has 3 heterocycles. The molecule has 31 heavy (non-hydrogen) atoms. The third-order valence-corrected chi connectivity index (χ3v) is 5.62. The summed E-state index contributed by atoms with van der Waals surface area (Å²) in [5, 5.41) is 8.40. The standard InChI is InChI=1S/C22H24BrN5O3/c1-2-30-22(29)17-6-9-19(24-14-17)28-11-3-10-27(12-13-28)15-20-25-26-21(31-20)16-4-7-18(23)8-5-16/h4-9,14H,2-3,10-13,15H2,1H3. The van der Waals surface area contributed by atoms with Gasteiger partial charge in [0.15, 0.2) is 0 Å². The highest BCUT2D eigenvalue weighted by Crippen LogP contribution is 2.21. The second-order valence-electron chi connectivity index (χ2n) is 7.25. The van der Waals surface area contributed by atoms with Gasteiger partial charge in [-0.1, -0.05) is 15.9 Å². The second kappa shape index (κ2) is 10.0. The van der Waals surface area contributed by atoms with Crippen LogP contribution in [-0.2, 0) is 11.3 Å². The fourth-order valence-electron chi connectivity index (χ4n) is 3.48. The Kier molecular flexibility index (Phi) is 6.93. The molecule has 4 rings (SSSR count). The summed E-state index contributed by atoms with van der Waals surface area (Å²) in [5.74, 6) is 1.67. The van der Waals surface area contributed by atoms with Crippen LogP contribution in [0.15, 0.2) is 51.5 Å². The third kappa shape index (κ3) is 5.48. The van der Waals surface area contributed by atoms with Gasteiger partial charge in [-0.05, 0) is 49.7 Å². The van der Waals surface area contributed by atoms with Gasteiger partial charge in [0.1, 0.15) is 5.82 Å². The summed E-state index contributed by atoms with van der Waals surface area (Å²) in [6.07, 6.45) is 2.58. The minimum atomic E-state index is -0.342. The molecule has 0 bridgehead atoms. The maximum atomic E-state index is 11.8. The Morgan fingerprint density at radius 1 is 1.10 bits per heavy atom. The first-order valence-electron chi connectivity index (χ1n) is 10.3. The van der Waals surface area contributed by atoms with E-state index in [0.29, 0.717) is 30.5 Å². The van der Waals surface area contributed by atoms with E-state index in [9.17, 15) is 4.79 Å². The molecule has 0 amide bonds. The van der Waals surface area contributed by atoms with Gasteiger partial charge in [-0.25, -0.2) is 9.78 Å². The Bertz CT molecular complexity index is 1010. The van der Waals surface area contributed by atoms with Gasteiger partial charge in [-0.3, -0.25) is 4.90 Å². The number of carbonyl (C=O) groups excluding carboxylic acids is 1. The minimum Gasteiger partial charge on any atom is -0.462 e. The monoisotopic (exact) mass is 485 g/mol. The Balaban J connectivity index is 1.34. The summed E-state index contributed by atoms with van der Waals surface area (Å²) < 4.78 is 11.9. The number of esters is 1. The van der Waals surface area contributed by atoms with E-state index in [1.165, 1.54) is 0 Å². The first-order chi connectivity index (χ1) is 15.1. The highest BCUT2D eigenvalue weighted by atomic mass is 79.9. The number of hydrogen-bond donors (Lipinski definition) is 0. The first kappa shape index (κ1) is 21.5. The van der Waals surface area contributed by atoms with E-state index in [-0.39, 0.29) is 5.97 Å². The van der Waals surface area contributed by atoms with Gasteiger partial charge in [-0.2, -0.15) is 0 Å². The number of ether oxygens (including phenoxy) is 1. The van der Waals surface area contributed by atoms with Gasteiger partial charge < -0.3 is 14.1 Å². The number of halogens is 1. The molecule has 1 saturated heterocycles. The van der Waals surface area contributed by atoms with E-state index in [1.807, 2.05) is 30.3 Å². The lowest BCUT2D eigenvalue weighted by Crippen LogP contribution is -2.31. The number of carbonyl (C=O) groups is 1. The number of aromatic nitrogens is 3. The summed E-state index contributed by atoms with van der Waals surface area (Å²) in [6.45, 7) is 6.29. The van der Waals surface area contributed by atoms with Crippen LogP contribution in [-0.4, -0.2) is 58.8 Å². The van der Waals surface area contributed by atoms with Gasteiger partial charge in [0.25, 0.3) is 0 Å². The summed E-state index contributed by atoms with van der Waals surface area (Å²) in [7, 11) is 0. The normalized spacial score (nSPS) is 15.0. The van der Waals surface area contributed by atoms with Crippen LogP contribution < -0.4 is 4.90 Å². The molecule has 162 valence electrons. The lowest BCUT2D eigenvalue weighted by atomic mass is 10.2. The van der Waals surface area contributed by atoms with Crippen molar-refractivity contribution in [2.75, 3.05) is 37.7 Å². The zero-order valence-electron chi connectivity index (χ0n) is 17.3. The number of rotatable bonds is 6. The molecule has 1 fully saturated rings. The van der Waals surface area contributed by atoms with Crippen LogP contribution in [0.25, 0.3) is 11.5 Å². The highest BCUT2D eigenvalue weighted by Gasteiger charge is 2.19. The van der Waals surface area contributed by atoms with Gasteiger partial charge in [0.2, 0.25) is 11.8 Å². The Hall–Kier alpha value is -2.78. The molecular formula is C22H24BrN5O3. The highest BCUT2D eigenvalue weighted by molar-refractivity contribution is 9.10. The van der Waals surface area contributed by atoms with E-state index in [2.05, 4.69) is 40.9 Å². The lowest BCUT2D eigenvalue weighted by Gasteiger charge is -2.22. The maximum absolute atomic E-state index is 11.8. The van der Waals surface area contributed by atoms with Crippen LogP contribution in [0.4, 0.5) is 5.82 Å². The average Bonchev–Trinajstić information content (AvgIpc) is 3.12. The maximum Gasteiger partial charge on any atom is 0.339 e. The van der Waals surface area contributed by atoms with Crippen LogP contribution >= 0.6 is 15.9 Å². The molecular weight excluding hydrogens is 462 g/mol. The minimum absolute atomic E-state index is 0.342. The summed E-state index contributed by atoms with van der Waals surface area (Å²) in [6, 6.07) is 11.5. The Morgan fingerprint density at radius 2 is 1.94 bits per heavy atom. The fourth-order valence-corrected chi connectivity index (χ4v) is 3.75. The molecule has 0 N–H and O–H groups in total. The molecule has 1 aromatic carbocycles. The van der Waals surface area contributed by atoms with Gasteiger partial charge in [0.05, 0.1) is 18.7 Å². The zero-order valence-corrected chi connectivity index (χ0v) is 18.9. The van der Waals surface area contributed by atoms with Gasteiger partial charge in [-0.15, -0.1) is 10.2 Å². The molecule has 1 aliphatic rings. The van der Waals surface area contributed by atoms with E-state index in [1.54, 1.807) is 19.2 Å². The van der Waals surface area contributed by atoms with Gasteiger partial charge in [0, 0.05) is 42.4 Å². The number of nitrogens with zero attached hydrogens (tertiary/aromatic N) is 5. The molecule has 0 saturated carbocycles. The predicted molar refractivity (Wildman–Crippen MR) is 120 cm³/mol. The van der Waals surface area contributed by atoms with Crippen molar-refractivity contribution >= 4 is 27.7 Å². The van der Waals surface area contributed by atoms with Crippen molar-refractivity contribution in [2.45, 2.75) is 19.9 Å². The molecule has 0 aliphatic carbocycles. The van der Waals surface area contributed by atoms with Crippen molar-refractivity contribution in [1.82, 2.24) is 20.1 Å². The van der Waals surface area contributed by atoms with Crippen LogP contribution in [0.5, 0.6) is 0 Å². The summed E-state index contributed by atoms with van der Waals surface area (Å²) in [5.41, 5.74) is 1.38. The third-order valence-electron chi connectivity index (χ3n) is 5.09.